The number of para-hydroxylation sites is 1. The fourth-order valence-corrected chi connectivity index (χ4v) is 3.63. The molecule has 0 saturated heterocycles. The highest BCUT2D eigenvalue weighted by molar-refractivity contribution is 7.99. The van der Waals surface area contributed by atoms with E-state index in [-0.39, 0.29) is 0 Å². The maximum Gasteiger partial charge on any atom is 0.0722 e. The fraction of sp³-hybridized carbons (Fsp3) is 0.438. The van der Waals surface area contributed by atoms with Gasteiger partial charge in [0.15, 0.2) is 0 Å². The van der Waals surface area contributed by atoms with Crippen molar-refractivity contribution in [3.8, 4) is 0 Å². The summed E-state index contributed by atoms with van der Waals surface area (Å²) in [4.78, 5) is 4.42. The summed E-state index contributed by atoms with van der Waals surface area (Å²) < 4.78 is 0. The van der Waals surface area contributed by atoms with E-state index in [0.29, 0.717) is 6.04 Å². The molecule has 100 valence electrons. The molecule has 2 nitrogen and oxygen atoms in total. The van der Waals surface area contributed by atoms with E-state index < -0.39 is 0 Å². The Labute approximate surface area is 119 Å². The van der Waals surface area contributed by atoms with Crippen molar-refractivity contribution in [2.45, 2.75) is 37.0 Å². The first-order valence-electron chi connectivity index (χ1n) is 7.00. The zero-order valence-electron chi connectivity index (χ0n) is 11.3. The molecule has 3 heteroatoms. The minimum Gasteiger partial charge on any atom is -0.382 e. The second-order valence-corrected chi connectivity index (χ2v) is 6.37. The smallest absolute Gasteiger partial charge is 0.0722 e. The Morgan fingerprint density at radius 3 is 2.68 bits per heavy atom. The van der Waals surface area contributed by atoms with Gasteiger partial charge in [-0.3, -0.25) is 4.98 Å². The van der Waals surface area contributed by atoms with Gasteiger partial charge in [0.2, 0.25) is 0 Å². The van der Waals surface area contributed by atoms with Crippen molar-refractivity contribution < 1.29 is 0 Å². The summed E-state index contributed by atoms with van der Waals surface area (Å²) in [6.45, 7) is 0. The lowest BCUT2D eigenvalue weighted by molar-refractivity contribution is 0.473. The zero-order chi connectivity index (χ0) is 13.1. The standard InChI is InChI=1S/C16H20N2S/c1-19-13-8-6-12(7-9-13)18-16-10-11-17-15-5-3-2-4-14(15)16/h2-5,10-13H,6-9H2,1H3,(H,17,18). The predicted octanol–water partition coefficient (Wildman–Crippen LogP) is 4.32. The normalized spacial score (nSPS) is 23.4. The molecular formula is C16H20N2S. The predicted molar refractivity (Wildman–Crippen MR) is 84.9 cm³/mol. The van der Waals surface area contributed by atoms with Crippen LogP contribution in [0.4, 0.5) is 5.69 Å². The average Bonchev–Trinajstić information content (AvgIpc) is 2.48. The van der Waals surface area contributed by atoms with Crippen LogP contribution in [0.25, 0.3) is 10.9 Å². The van der Waals surface area contributed by atoms with Gasteiger partial charge in [-0.15, -0.1) is 0 Å². The summed E-state index contributed by atoms with van der Waals surface area (Å²) in [7, 11) is 0. The van der Waals surface area contributed by atoms with E-state index in [9.17, 15) is 0 Å². The van der Waals surface area contributed by atoms with Gasteiger partial charge in [-0.25, -0.2) is 0 Å². The molecule has 3 rings (SSSR count). The van der Waals surface area contributed by atoms with Crippen LogP contribution in [0, 0.1) is 0 Å². The molecule has 0 radical (unpaired) electrons. The van der Waals surface area contributed by atoms with Crippen LogP contribution in [0.3, 0.4) is 0 Å². The number of thioether (sulfide) groups is 1. The number of fused-ring (bicyclic) bond motifs is 1. The van der Waals surface area contributed by atoms with Gasteiger partial charge in [0.05, 0.1) is 5.52 Å². The second kappa shape index (κ2) is 5.83. The van der Waals surface area contributed by atoms with Gasteiger partial charge in [0.1, 0.15) is 0 Å². The lowest BCUT2D eigenvalue weighted by Gasteiger charge is -2.29. The van der Waals surface area contributed by atoms with Crippen LogP contribution in [-0.2, 0) is 0 Å². The minimum absolute atomic E-state index is 0.620. The molecule has 1 saturated carbocycles. The molecule has 1 fully saturated rings. The van der Waals surface area contributed by atoms with E-state index in [1.54, 1.807) is 0 Å². The third-order valence-corrected chi connectivity index (χ3v) is 5.15. The highest BCUT2D eigenvalue weighted by Gasteiger charge is 2.20. The molecule has 0 aliphatic heterocycles. The molecule has 0 spiro atoms. The number of hydrogen-bond donors (Lipinski definition) is 1. The summed E-state index contributed by atoms with van der Waals surface area (Å²) in [6, 6.07) is 11.1. The van der Waals surface area contributed by atoms with Crippen molar-refractivity contribution in [1.82, 2.24) is 4.98 Å². The number of anilines is 1. The molecule has 0 unspecified atom stereocenters. The number of nitrogens with one attached hydrogen (secondary N) is 1. The molecule has 2 aromatic rings. The zero-order valence-corrected chi connectivity index (χ0v) is 12.1. The van der Waals surface area contributed by atoms with Crippen molar-refractivity contribution in [3.63, 3.8) is 0 Å². The number of benzene rings is 1. The van der Waals surface area contributed by atoms with Crippen LogP contribution < -0.4 is 5.32 Å². The summed E-state index contributed by atoms with van der Waals surface area (Å²) in [5.41, 5.74) is 2.31. The van der Waals surface area contributed by atoms with Gasteiger partial charge in [-0.2, -0.15) is 11.8 Å². The lowest BCUT2D eigenvalue weighted by atomic mass is 9.94. The Balaban J connectivity index is 1.75. The maximum atomic E-state index is 4.42. The first-order valence-corrected chi connectivity index (χ1v) is 8.28. The molecule has 1 N–H and O–H groups in total. The first-order chi connectivity index (χ1) is 9.36. The SMILES string of the molecule is CSC1CCC(Nc2ccnc3ccccc23)CC1. The third kappa shape index (κ3) is 2.86. The van der Waals surface area contributed by atoms with Crippen molar-refractivity contribution in [3.05, 3.63) is 36.5 Å². The van der Waals surface area contributed by atoms with Crippen LogP contribution in [-0.4, -0.2) is 22.5 Å². The van der Waals surface area contributed by atoms with Crippen molar-refractivity contribution in [1.29, 1.82) is 0 Å². The highest BCUT2D eigenvalue weighted by atomic mass is 32.2. The molecule has 1 aromatic carbocycles. The van der Waals surface area contributed by atoms with Gasteiger partial charge in [-0.05, 0) is 44.1 Å². The maximum absolute atomic E-state index is 4.42. The molecular weight excluding hydrogens is 252 g/mol. The molecule has 1 aliphatic carbocycles. The lowest BCUT2D eigenvalue weighted by Crippen LogP contribution is -2.27. The molecule has 0 amide bonds. The van der Waals surface area contributed by atoms with E-state index in [2.05, 4.69) is 40.8 Å². The van der Waals surface area contributed by atoms with E-state index >= 15 is 0 Å². The average molecular weight is 272 g/mol. The van der Waals surface area contributed by atoms with E-state index in [1.807, 2.05) is 24.0 Å². The summed E-state index contributed by atoms with van der Waals surface area (Å²) >= 11 is 2.02. The van der Waals surface area contributed by atoms with E-state index in [0.717, 1.165) is 10.8 Å². The Morgan fingerprint density at radius 2 is 1.89 bits per heavy atom. The Hall–Kier alpha value is -1.22. The third-order valence-electron chi connectivity index (χ3n) is 4.02. The van der Waals surface area contributed by atoms with E-state index in [1.165, 1.54) is 36.8 Å². The van der Waals surface area contributed by atoms with Crippen molar-refractivity contribution in [2.75, 3.05) is 11.6 Å². The largest absolute Gasteiger partial charge is 0.382 e. The summed E-state index contributed by atoms with van der Waals surface area (Å²) in [5, 5.41) is 5.82. The van der Waals surface area contributed by atoms with Crippen LogP contribution in [0.1, 0.15) is 25.7 Å². The number of nitrogens with zero attached hydrogens (tertiary/aromatic N) is 1. The van der Waals surface area contributed by atoms with Gasteiger partial charge in [-0.1, -0.05) is 18.2 Å². The second-order valence-electron chi connectivity index (χ2n) is 5.23. The van der Waals surface area contributed by atoms with Crippen LogP contribution in [0.5, 0.6) is 0 Å². The molecule has 1 aromatic heterocycles. The van der Waals surface area contributed by atoms with Crippen LogP contribution >= 0.6 is 11.8 Å². The molecule has 19 heavy (non-hydrogen) atoms. The summed E-state index contributed by atoms with van der Waals surface area (Å²) in [6.07, 6.45) is 9.36. The van der Waals surface area contributed by atoms with Gasteiger partial charge in [0, 0.05) is 28.6 Å². The fourth-order valence-electron chi connectivity index (χ4n) is 2.88. The molecule has 0 bridgehead atoms. The monoisotopic (exact) mass is 272 g/mol. The quantitative estimate of drug-likeness (QED) is 0.900. The van der Waals surface area contributed by atoms with Gasteiger partial charge in [0.25, 0.3) is 0 Å². The molecule has 0 atom stereocenters. The number of rotatable bonds is 3. The van der Waals surface area contributed by atoms with Crippen molar-refractivity contribution >= 4 is 28.4 Å². The minimum atomic E-state index is 0.620. The number of aromatic nitrogens is 1. The van der Waals surface area contributed by atoms with Gasteiger partial charge >= 0.3 is 0 Å². The first kappa shape index (κ1) is 12.8. The number of hydrogen-bond acceptors (Lipinski definition) is 3. The van der Waals surface area contributed by atoms with Gasteiger partial charge < -0.3 is 5.32 Å². The topological polar surface area (TPSA) is 24.9 Å². The van der Waals surface area contributed by atoms with Crippen LogP contribution in [0.15, 0.2) is 36.5 Å². The molecule has 1 aliphatic rings. The van der Waals surface area contributed by atoms with Crippen molar-refractivity contribution in [2.24, 2.45) is 0 Å². The Kier molecular flexibility index (Phi) is 3.92. The molecule has 1 heterocycles. The number of pyridine rings is 1. The Morgan fingerprint density at radius 1 is 1.11 bits per heavy atom. The van der Waals surface area contributed by atoms with Crippen LogP contribution in [0.2, 0.25) is 0 Å². The highest BCUT2D eigenvalue weighted by Crippen LogP contribution is 2.30. The summed E-state index contributed by atoms with van der Waals surface area (Å²) in [5.74, 6) is 0. The van der Waals surface area contributed by atoms with E-state index in [4.69, 9.17) is 0 Å². The Bertz CT molecular complexity index is 542.